The zero-order chi connectivity index (χ0) is 20.7. The number of guanidine groups is 1. The van der Waals surface area contributed by atoms with E-state index in [4.69, 9.17) is 0 Å². The second-order valence-electron chi connectivity index (χ2n) is 7.65. The third-order valence-corrected chi connectivity index (χ3v) is 8.52. The second-order valence-corrected chi connectivity index (χ2v) is 11.0. The smallest absolute Gasteiger partial charge is 0.236 e. The molecule has 0 unspecified atom stereocenters. The molecule has 166 valence electrons. The normalized spacial score (nSPS) is 22.9. The van der Waals surface area contributed by atoms with E-state index in [1.807, 2.05) is 4.90 Å². The second kappa shape index (κ2) is 10.8. The van der Waals surface area contributed by atoms with Crippen LogP contribution in [0.25, 0.3) is 0 Å². The number of thioether (sulfide) groups is 1. The first kappa shape index (κ1) is 22.6. The van der Waals surface area contributed by atoms with Crippen LogP contribution in [0.2, 0.25) is 0 Å². The molecule has 0 aromatic heterocycles. The number of amides is 1. The highest BCUT2D eigenvalue weighted by Crippen LogP contribution is 2.13. The highest BCUT2D eigenvalue weighted by atomic mass is 32.2. The van der Waals surface area contributed by atoms with Crippen LogP contribution in [0, 0.1) is 0 Å². The van der Waals surface area contributed by atoms with E-state index in [2.05, 4.69) is 20.1 Å². The lowest BCUT2D eigenvalue weighted by atomic mass is 10.3. The van der Waals surface area contributed by atoms with Gasteiger partial charge in [0.1, 0.15) is 0 Å². The van der Waals surface area contributed by atoms with Crippen molar-refractivity contribution < 1.29 is 13.2 Å². The van der Waals surface area contributed by atoms with Crippen LogP contribution >= 0.6 is 11.8 Å². The Kier molecular flexibility index (Phi) is 8.45. The molecule has 0 aromatic rings. The van der Waals surface area contributed by atoms with Crippen LogP contribution < -0.4 is 5.32 Å². The lowest BCUT2D eigenvalue weighted by molar-refractivity contribution is -0.131. The Morgan fingerprint density at radius 3 is 2.24 bits per heavy atom. The van der Waals surface area contributed by atoms with Crippen molar-refractivity contribution in [3.63, 3.8) is 0 Å². The van der Waals surface area contributed by atoms with Crippen molar-refractivity contribution in [2.75, 3.05) is 89.8 Å². The van der Waals surface area contributed by atoms with Crippen molar-refractivity contribution in [1.29, 1.82) is 0 Å². The molecule has 0 atom stereocenters. The van der Waals surface area contributed by atoms with Crippen LogP contribution in [0.15, 0.2) is 4.99 Å². The first-order valence-electron chi connectivity index (χ1n) is 10.5. The van der Waals surface area contributed by atoms with E-state index in [0.29, 0.717) is 26.2 Å². The minimum Gasteiger partial charge on any atom is -0.355 e. The number of carbonyl (C=O) groups is 1. The molecule has 1 N–H and O–H groups in total. The number of nitrogens with zero attached hydrogens (tertiary/aromatic N) is 5. The summed E-state index contributed by atoms with van der Waals surface area (Å²) >= 11 is 1.80. The van der Waals surface area contributed by atoms with Crippen molar-refractivity contribution in [1.82, 2.24) is 24.3 Å². The summed E-state index contributed by atoms with van der Waals surface area (Å²) in [7, 11) is -1.49. The van der Waals surface area contributed by atoms with Gasteiger partial charge in [0.25, 0.3) is 0 Å². The third kappa shape index (κ3) is 6.47. The van der Waals surface area contributed by atoms with Crippen molar-refractivity contribution in [3.05, 3.63) is 0 Å². The van der Waals surface area contributed by atoms with Gasteiger partial charge in [-0.1, -0.05) is 0 Å². The number of piperazine rings is 1. The zero-order valence-electron chi connectivity index (χ0n) is 17.4. The minimum absolute atomic E-state index is 0.0843. The van der Waals surface area contributed by atoms with Gasteiger partial charge in [0.2, 0.25) is 15.9 Å². The Bertz CT molecular complexity index is 667. The predicted molar refractivity (Wildman–Crippen MR) is 118 cm³/mol. The molecule has 29 heavy (non-hydrogen) atoms. The molecule has 0 bridgehead atoms. The average molecular weight is 447 g/mol. The molecule has 0 aliphatic carbocycles. The van der Waals surface area contributed by atoms with Gasteiger partial charge in [-0.25, -0.2) is 12.7 Å². The van der Waals surface area contributed by atoms with Crippen molar-refractivity contribution in [3.8, 4) is 0 Å². The Labute approximate surface area is 178 Å². The fourth-order valence-corrected chi connectivity index (χ4v) is 6.44. The average Bonchev–Trinajstić information content (AvgIpc) is 3.28. The van der Waals surface area contributed by atoms with Crippen molar-refractivity contribution in [2.45, 2.75) is 12.8 Å². The van der Waals surface area contributed by atoms with Gasteiger partial charge >= 0.3 is 0 Å². The van der Waals surface area contributed by atoms with E-state index in [9.17, 15) is 13.2 Å². The van der Waals surface area contributed by atoms with Gasteiger partial charge < -0.3 is 15.1 Å². The summed E-state index contributed by atoms with van der Waals surface area (Å²) in [6, 6.07) is 0. The summed E-state index contributed by atoms with van der Waals surface area (Å²) in [5, 5.41) is 3.21. The number of aliphatic imine (C=N–C) groups is 1. The summed E-state index contributed by atoms with van der Waals surface area (Å²) < 4.78 is 26.5. The van der Waals surface area contributed by atoms with Gasteiger partial charge in [-0.15, -0.1) is 0 Å². The maximum Gasteiger partial charge on any atom is 0.236 e. The maximum absolute atomic E-state index is 12.5. The highest BCUT2D eigenvalue weighted by molar-refractivity contribution is 7.99. The number of likely N-dealkylation sites (tertiary alicyclic amines) is 1. The molecule has 0 aromatic carbocycles. The lowest BCUT2D eigenvalue weighted by Gasteiger charge is -2.36. The molecule has 0 saturated carbocycles. The van der Waals surface area contributed by atoms with E-state index < -0.39 is 10.0 Å². The Hall–Kier alpha value is -1.04. The number of sulfonamides is 1. The van der Waals surface area contributed by atoms with Crippen LogP contribution in [0.3, 0.4) is 0 Å². The van der Waals surface area contributed by atoms with Gasteiger partial charge in [0.05, 0.1) is 12.3 Å². The molecule has 1 amide bonds. The van der Waals surface area contributed by atoms with Crippen molar-refractivity contribution in [2.24, 2.45) is 4.99 Å². The van der Waals surface area contributed by atoms with Crippen LogP contribution in [-0.2, 0) is 14.8 Å². The van der Waals surface area contributed by atoms with E-state index in [0.717, 1.165) is 69.6 Å². The Morgan fingerprint density at radius 2 is 1.62 bits per heavy atom. The van der Waals surface area contributed by atoms with Crippen LogP contribution in [0.1, 0.15) is 12.8 Å². The van der Waals surface area contributed by atoms with E-state index in [-0.39, 0.29) is 11.7 Å². The van der Waals surface area contributed by atoms with Crippen LogP contribution in [-0.4, -0.2) is 129 Å². The standard InChI is InChI=1S/C18H34N6O3S2/c1-19-18(20-4-15-29(26,27)24-11-13-28-14-12-24)23-9-7-21(8-10-23)16-17(25)22-5-2-3-6-22/h2-16H2,1H3,(H,19,20). The van der Waals surface area contributed by atoms with Gasteiger partial charge in [-0.2, -0.15) is 11.8 Å². The SMILES string of the molecule is CN=C(NCCS(=O)(=O)N1CCSCC1)N1CCN(CC(=O)N2CCCC2)CC1. The molecule has 3 fully saturated rings. The largest absolute Gasteiger partial charge is 0.355 e. The first-order chi connectivity index (χ1) is 14.0. The van der Waals surface area contributed by atoms with E-state index in [1.165, 1.54) is 0 Å². The molecule has 3 heterocycles. The quantitative estimate of drug-likeness (QED) is 0.421. The molecule has 3 saturated heterocycles. The fraction of sp³-hybridized carbons (Fsp3) is 0.889. The molecule has 3 rings (SSSR count). The molecule has 9 nitrogen and oxygen atoms in total. The topological polar surface area (TPSA) is 88.6 Å². The third-order valence-electron chi connectivity index (χ3n) is 5.71. The first-order valence-corrected chi connectivity index (χ1v) is 13.3. The fourth-order valence-electron chi connectivity index (χ4n) is 3.95. The number of rotatable bonds is 6. The summed E-state index contributed by atoms with van der Waals surface area (Å²) in [6.07, 6.45) is 2.24. The molecule has 0 spiro atoms. The summed E-state index contributed by atoms with van der Waals surface area (Å²) in [4.78, 5) is 22.9. The molecule has 11 heteroatoms. The lowest BCUT2D eigenvalue weighted by Crippen LogP contribution is -2.54. The van der Waals surface area contributed by atoms with Gasteiger partial charge in [-0.3, -0.25) is 14.7 Å². The predicted octanol–water partition coefficient (Wildman–Crippen LogP) is -0.820. The monoisotopic (exact) mass is 446 g/mol. The highest BCUT2D eigenvalue weighted by Gasteiger charge is 2.26. The molecular weight excluding hydrogens is 412 g/mol. The number of carbonyl (C=O) groups excluding carboxylic acids is 1. The summed E-state index contributed by atoms with van der Waals surface area (Å²) in [5.41, 5.74) is 0. The van der Waals surface area contributed by atoms with Crippen LogP contribution in [0.4, 0.5) is 0 Å². The number of hydrogen-bond donors (Lipinski definition) is 1. The molecule has 3 aliphatic rings. The molecule has 0 radical (unpaired) electrons. The van der Waals surface area contributed by atoms with Crippen molar-refractivity contribution >= 4 is 33.7 Å². The van der Waals surface area contributed by atoms with E-state index >= 15 is 0 Å². The van der Waals surface area contributed by atoms with Gasteiger partial charge in [-0.05, 0) is 12.8 Å². The van der Waals surface area contributed by atoms with E-state index in [1.54, 1.807) is 23.1 Å². The zero-order valence-corrected chi connectivity index (χ0v) is 19.0. The Morgan fingerprint density at radius 1 is 0.966 bits per heavy atom. The number of hydrogen-bond acceptors (Lipinski definition) is 6. The summed E-state index contributed by atoms with van der Waals surface area (Å²) in [6.45, 7) is 7.04. The van der Waals surface area contributed by atoms with Gasteiger partial charge in [0, 0.05) is 77.5 Å². The minimum atomic E-state index is -3.21. The molecular formula is C18H34N6O3S2. The van der Waals surface area contributed by atoms with Gasteiger partial charge in [0.15, 0.2) is 5.96 Å². The molecule has 3 aliphatic heterocycles. The van der Waals surface area contributed by atoms with Crippen LogP contribution in [0.5, 0.6) is 0 Å². The summed E-state index contributed by atoms with van der Waals surface area (Å²) in [5.74, 6) is 2.80. The Balaban J connectivity index is 1.39. The number of nitrogens with one attached hydrogen (secondary N) is 1. The maximum atomic E-state index is 12.5.